The monoisotopic (exact) mass is 206 g/mol. The molecular formula is C12H18N2O. The lowest BCUT2D eigenvalue weighted by molar-refractivity contribution is 0.413. The van der Waals surface area contributed by atoms with Crippen molar-refractivity contribution in [3.8, 4) is 5.75 Å². The number of nitrogens with zero attached hydrogens (tertiary/aromatic N) is 1. The Morgan fingerprint density at radius 3 is 2.60 bits per heavy atom. The van der Waals surface area contributed by atoms with Gasteiger partial charge < -0.3 is 10.1 Å². The van der Waals surface area contributed by atoms with Crippen LogP contribution in [0.5, 0.6) is 5.75 Å². The third-order valence-corrected chi connectivity index (χ3v) is 3.11. The SMILES string of the molecule is COc1ccc(NC2(C)CCCC2)nc1. The molecule has 3 heteroatoms. The molecule has 82 valence electrons. The topological polar surface area (TPSA) is 34.1 Å². The number of aromatic nitrogens is 1. The van der Waals surface area contributed by atoms with Crippen LogP contribution in [0.3, 0.4) is 0 Å². The van der Waals surface area contributed by atoms with Gasteiger partial charge in [-0.05, 0) is 31.9 Å². The Hall–Kier alpha value is -1.25. The third-order valence-electron chi connectivity index (χ3n) is 3.11. The Morgan fingerprint density at radius 2 is 2.07 bits per heavy atom. The van der Waals surface area contributed by atoms with E-state index < -0.39 is 0 Å². The summed E-state index contributed by atoms with van der Waals surface area (Å²) in [5.41, 5.74) is 0.238. The number of hydrogen-bond donors (Lipinski definition) is 1. The Balaban J connectivity index is 2.04. The Bertz CT molecular complexity index is 315. The molecule has 0 aromatic carbocycles. The van der Waals surface area contributed by atoms with Crippen molar-refractivity contribution >= 4 is 5.82 Å². The summed E-state index contributed by atoms with van der Waals surface area (Å²) < 4.78 is 5.07. The van der Waals surface area contributed by atoms with Gasteiger partial charge in [0.05, 0.1) is 13.3 Å². The van der Waals surface area contributed by atoms with Gasteiger partial charge in [0.25, 0.3) is 0 Å². The van der Waals surface area contributed by atoms with Gasteiger partial charge in [0.15, 0.2) is 0 Å². The fraction of sp³-hybridized carbons (Fsp3) is 0.583. The zero-order valence-electron chi connectivity index (χ0n) is 9.42. The van der Waals surface area contributed by atoms with Crippen molar-refractivity contribution in [2.75, 3.05) is 12.4 Å². The number of anilines is 1. The molecule has 1 saturated carbocycles. The van der Waals surface area contributed by atoms with E-state index >= 15 is 0 Å². The highest BCUT2D eigenvalue weighted by Gasteiger charge is 2.28. The minimum absolute atomic E-state index is 0.238. The molecule has 3 nitrogen and oxygen atoms in total. The van der Waals surface area contributed by atoms with Crippen LogP contribution in [0.1, 0.15) is 32.6 Å². The second-order valence-corrected chi connectivity index (χ2v) is 4.48. The van der Waals surface area contributed by atoms with E-state index in [1.54, 1.807) is 13.3 Å². The molecule has 15 heavy (non-hydrogen) atoms. The van der Waals surface area contributed by atoms with Crippen molar-refractivity contribution in [1.82, 2.24) is 4.98 Å². The number of hydrogen-bond acceptors (Lipinski definition) is 3. The van der Waals surface area contributed by atoms with Crippen molar-refractivity contribution in [2.45, 2.75) is 38.1 Å². The van der Waals surface area contributed by atoms with Crippen LogP contribution >= 0.6 is 0 Å². The van der Waals surface area contributed by atoms with Crippen LogP contribution in [0, 0.1) is 0 Å². The summed E-state index contributed by atoms with van der Waals surface area (Å²) in [5, 5.41) is 3.50. The normalized spacial score (nSPS) is 18.8. The van der Waals surface area contributed by atoms with Crippen molar-refractivity contribution in [2.24, 2.45) is 0 Å². The Kier molecular flexibility index (Phi) is 2.80. The maximum Gasteiger partial charge on any atom is 0.137 e. The summed E-state index contributed by atoms with van der Waals surface area (Å²) in [6.07, 6.45) is 6.86. The highest BCUT2D eigenvalue weighted by molar-refractivity contribution is 5.40. The molecule has 0 bridgehead atoms. The molecule has 0 atom stereocenters. The molecule has 1 heterocycles. The molecule has 1 fully saturated rings. The van der Waals surface area contributed by atoms with Crippen molar-refractivity contribution < 1.29 is 4.74 Å². The molecule has 2 rings (SSSR count). The number of pyridine rings is 1. The van der Waals surface area contributed by atoms with Crippen LogP contribution in [0.4, 0.5) is 5.82 Å². The first-order valence-corrected chi connectivity index (χ1v) is 5.50. The van der Waals surface area contributed by atoms with Gasteiger partial charge in [0.2, 0.25) is 0 Å². The number of ether oxygens (including phenoxy) is 1. The Labute approximate surface area is 90.9 Å². The van der Waals surface area contributed by atoms with Crippen molar-refractivity contribution in [1.29, 1.82) is 0 Å². The van der Waals surface area contributed by atoms with E-state index in [2.05, 4.69) is 17.2 Å². The van der Waals surface area contributed by atoms with Gasteiger partial charge in [-0.3, -0.25) is 0 Å². The standard InChI is InChI=1S/C12H18N2O/c1-12(7-3-4-8-12)14-11-6-5-10(15-2)9-13-11/h5-6,9H,3-4,7-8H2,1-2H3,(H,13,14). The molecular weight excluding hydrogens is 188 g/mol. The quantitative estimate of drug-likeness (QED) is 0.825. The highest BCUT2D eigenvalue weighted by Crippen LogP contribution is 2.32. The number of rotatable bonds is 3. The third kappa shape index (κ3) is 2.41. The van der Waals surface area contributed by atoms with Gasteiger partial charge in [0.1, 0.15) is 11.6 Å². The fourth-order valence-corrected chi connectivity index (χ4v) is 2.16. The average Bonchev–Trinajstić information content (AvgIpc) is 2.66. The first-order chi connectivity index (χ1) is 7.22. The van der Waals surface area contributed by atoms with E-state index in [9.17, 15) is 0 Å². The zero-order valence-corrected chi connectivity index (χ0v) is 9.42. The minimum Gasteiger partial charge on any atom is -0.495 e. The smallest absolute Gasteiger partial charge is 0.137 e. The van der Waals surface area contributed by atoms with Crippen LogP contribution in [-0.4, -0.2) is 17.6 Å². The average molecular weight is 206 g/mol. The second-order valence-electron chi connectivity index (χ2n) is 4.48. The van der Waals surface area contributed by atoms with Gasteiger partial charge in [-0.15, -0.1) is 0 Å². The van der Waals surface area contributed by atoms with Crippen LogP contribution in [0.15, 0.2) is 18.3 Å². The fourth-order valence-electron chi connectivity index (χ4n) is 2.16. The molecule has 0 saturated heterocycles. The zero-order chi connectivity index (χ0) is 10.7. The molecule has 1 aliphatic carbocycles. The highest BCUT2D eigenvalue weighted by atomic mass is 16.5. The van der Waals surface area contributed by atoms with E-state index in [1.807, 2.05) is 12.1 Å². The lowest BCUT2D eigenvalue weighted by Gasteiger charge is -2.25. The minimum atomic E-state index is 0.238. The molecule has 0 aliphatic heterocycles. The summed E-state index contributed by atoms with van der Waals surface area (Å²) in [7, 11) is 1.66. The number of nitrogens with one attached hydrogen (secondary N) is 1. The molecule has 0 spiro atoms. The summed E-state index contributed by atoms with van der Waals surface area (Å²) in [5.74, 6) is 1.75. The predicted octanol–water partition coefficient (Wildman–Crippen LogP) is 2.83. The van der Waals surface area contributed by atoms with Crippen molar-refractivity contribution in [3.05, 3.63) is 18.3 Å². The predicted molar refractivity (Wildman–Crippen MR) is 61.3 cm³/mol. The van der Waals surface area contributed by atoms with E-state index in [1.165, 1.54) is 25.7 Å². The molecule has 0 radical (unpaired) electrons. The first-order valence-electron chi connectivity index (χ1n) is 5.50. The van der Waals surface area contributed by atoms with Crippen LogP contribution in [0.25, 0.3) is 0 Å². The van der Waals surface area contributed by atoms with Crippen LogP contribution < -0.4 is 10.1 Å². The van der Waals surface area contributed by atoms with Gasteiger partial charge in [-0.2, -0.15) is 0 Å². The van der Waals surface area contributed by atoms with Gasteiger partial charge in [-0.1, -0.05) is 12.8 Å². The summed E-state index contributed by atoms with van der Waals surface area (Å²) in [4.78, 5) is 4.32. The van der Waals surface area contributed by atoms with Crippen molar-refractivity contribution in [3.63, 3.8) is 0 Å². The van der Waals surface area contributed by atoms with E-state index in [0.717, 1.165) is 11.6 Å². The van der Waals surface area contributed by atoms with Gasteiger partial charge >= 0.3 is 0 Å². The van der Waals surface area contributed by atoms with E-state index in [-0.39, 0.29) is 5.54 Å². The summed E-state index contributed by atoms with van der Waals surface area (Å²) >= 11 is 0. The van der Waals surface area contributed by atoms with Crippen LogP contribution in [0.2, 0.25) is 0 Å². The molecule has 1 N–H and O–H groups in total. The maximum atomic E-state index is 5.07. The molecule has 1 aromatic rings. The van der Waals surface area contributed by atoms with Gasteiger partial charge in [0, 0.05) is 5.54 Å². The van der Waals surface area contributed by atoms with E-state index in [0.29, 0.717) is 0 Å². The molecule has 1 aliphatic rings. The second kappa shape index (κ2) is 4.09. The molecule has 0 unspecified atom stereocenters. The Morgan fingerprint density at radius 1 is 1.33 bits per heavy atom. The lowest BCUT2D eigenvalue weighted by Crippen LogP contribution is -2.31. The summed E-state index contributed by atoms with van der Waals surface area (Å²) in [6, 6.07) is 3.91. The maximum absolute atomic E-state index is 5.07. The van der Waals surface area contributed by atoms with E-state index in [4.69, 9.17) is 4.74 Å². The molecule has 0 amide bonds. The summed E-state index contributed by atoms with van der Waals surface area (Å²) in [6.45, 7) is 2.27. The first kappa shape index (κ1) is 10.3. The van der Waals surface area contributed by atoms with Crippen LogP contribution in [-0.2, 0) is 0 Å². The largest absolute Gasteiger partial charge is 0.495 e. The molecule has 1 aromatic heterocycles. The number of methoxy groups -OCH3 is 1. The van der Waals surface area contributed by atoms with Gasteiger partial charge in [-0.25, -0.2) is 4.98 Å². The lowest BCUT2D eigenvalue weighted by atomic mass is 10.0.